The Labute approximate surface area is 116 Å². The number of hydrogen-bond donors (Lipinski definition) is 1. The van der Waals surface area contributed by atoms with Crippen molar-refractivity contribution < 1.29 is 9.31 Å². The third kappa shape index (κ3) is 3.12. The lowest BCUT2D eigenvalue weighted by Crippen LogP contribution is -2.01. The summed E-state index contributed by atoms with van der Waals surface area (Å²) < 4.78 is 13.5. The highest BCUT2D eigenvalue weighted by Crippen LogP contribution is 2.21. The molecular weight excluding hydrogens is 259 g/mol. The molecule has 2 aromatic carbocycles. The lowest BCUT2D eigenvalue weighted by Gasteiger charge is -2.08. The number of halogens is 1. The maximum atomic E-state index is 13.5. The Morgan fingerprint density at radius 3 is 2.50 bits per heavy atom. The molecule has 20 heavy (non-hydrogen) atoms. The lowest BCUT2D eigenvalue weighted by atomic mass is 10.1. The van der Waals surface area contributed by atoms with Crippen molar-refractivity contribution in [2.45, 2.75) is 20.4 Å². The molecule has 1 N–H and O–H groups in total. The Morgan fingerprint density at radius 1 is 1.15 bits per heavy atom. The molecule has 0 unspecified atom stereocenters. The molecule has 0 aliphatic heterocycles. The molecule has 0 bridgehead atoms. The molecule has 0 aliphatic rings. The number of aryl methyl sites for hydroxylation is 2. The van der Waals surface area contributed by atoms with Crippen molar-refractivity contribution in [3.8, 4) is 0 Å². The van der Waals surface area contributed by atoms with Crippen LogP contribution in [0.3, 0.4) is 0 Å². The largest absolute Gasteiger partial charge is 0.381 e. The van der Waals surface area contributed by atoms with Gasteiger partial charge in [-0.15, -0.1) is 0 Å². The summed E-state index contributed by atoms with van der Waals surface area (Å²) in [7, 11) is 0. The van der Waals surface area contributed by atoms with Crippen molar-refractivity contribution >= 4 is 11.4 Å². The Balaban J connectivity index is 2.09. The van der Waals surface area contributed by atoms with Gasteiger partial charge >= 0.3 is 5.69 Å². The van der Waals surface area contributed by atoms with Crippen molar-refractivity contribution in [3.05, 3.63) is 69.0 Å². The summed E-state index contributed by atoms with van der Waals surface area (Å²) in [5, 5.41) is 13.6. The van der Waals surface area contributed by atoms with Gasteiger partial charge in [-0.25, -0.2) is 0 Å². The average molecular weight is 274 g/mol. The molecule has 0 atom stereocenters. The van der Waals surface area contributed by atoms with E-state index in [1.165, 1.54) is 17.2 Å². The second kappa shape index (κ2) is 5.69. The van der Waals surface area contributed by atoms with Crippen LogP contribution >= 0.6 is 0 Å². The van der Waals surface area contributed by atoms with Gasteiger partial charge < -0.3 is 5.32 Å². The van der Waals surface area contributed by atoms with Crippen molar-refractivity contribution in [1.82, 2.24) is 0 Å². The van der Waals surface area contributed by atoms with Gasteiger partial charge in [0.2, 0.25) is 5.82 Å². The van der Waals surface area contributed by atoms with Gasteiger partial charge in [0.1, 0.15) is 0 Å². The molecule has 4 nitrogen and oxygen atoms in total. The van der Waals surface area contributed by atoms with E-state index < -0.39 is 16.4 Å². The highest BCUT2D eigenvalue weighted by Gasteiger charge is 2.13. The molecule has 0 aliphatic carbocycles. The first-order valence-electron chi connectivity index (χ1n) is 6.21. The molecular formula is C15H15FN2O2. The minimum Gasteiger partial charge on any atom is -0.381 e. The van der Waals surface area contributed by atoms with E-state index in [4.69, 9.17) is 0 Å². The predicted molar refractivity (Wildman–Crippen MR) is 76.3 cm³/mol. The number of nitrogens with one attached hydrogen (secondary N) is 1. The van der Waals surface area contributed by atoms with Crippen LogP contribution < -0.4 is 5.32 Å². The number of rotatable bonds is 4. The monoisotopic (exact) mass is 274 g/mol. The molecule has 0 saturated heterocycles. The minimum absolute atomic E-state index is 0.512. The van der Waals surface area contributed by atoms with Crippen molar-refractivity contribution in [3.63, 3.8) is 0 Å². The van der Waals surface area contributed by atoms with E-state index in [0.717, 1.165) is 17.7 Å². The second-order valence-electron chi connectivity index (χ2n) is 4.70. The molecule has 5 heteroatoms. The molecule has 0 radical (unpaired) electrons. The molecule has 0 heterocycles. The zero-order valence-corrected chi connectivity index (χ0v) is 11.3. The first-order valence-corrected chi connectivity index (χ1v) is 6.21. The number of nitrogens with zero attached hydrogens (tertiary/aromatic N) is 1. The molecule has 0 spiro atoms. The van der Waals surface area contributed by atoms with E-state index in [1.54, 1.807) is 0 Å². The Hall–Kier alpha value is -2.43. The van der Waals surface area contributed by atoms with E-state index >= 15 is 0 Å². The van der Waals surface area contributed by atoms with E-state index in [0.29, 0.717) is 12.2 Å². The Bertz CT molecular complexity index is 656. The minimum atomic E-state index is -0.833. The zero-order valence-electron chi connectivity index (χ0n) is 11.3. The summed E-state index contributed by atoms with van der Waals surface area (Å²) >= 11 is 0. The second-order valence-corrected chi connectivity index (χ2v) is 4.70. The van der Waals surface area contributed by atoms with E-state index in [9.17, 15) is 14.5 Å². The van der Waals surface area contributed by atoms with Crippen molar-refractivity contribution in [2.24, 2.45) is 0 Å². The van der Waals surface area contributed by atoms with Crippen LogP contribution in [-0.2, 0) is 6.54 Å². The zero-order chi connectivity index (χ0) is 14.7. The van der Waals surface area contributed by atoms with Crippen LogP contribution in [0.4, 0.5) is 15.8 Å². The molecule has 104 valence electrons. The fraction of sp³-hybridized carbons (Fsp3) is 0.200. The Morgan fingerprint density at radius 2 is 1.90 bits per heavy atom. The molecule has 0 aromatic heterocycles. The van der Waals surface area contributed by atoms with Crippen LogP contribution in [0.15, 0.2) is 36.4 Å². The normalized spacial score (nSPS) is 10.3. The van der Waals surface area contributed by atoms with Gasteiger partial charge in [0, 0.05) is 24.4 Å². The fourth-order valence-corrected chi connectivity index (χ4v) is 1.88. The van der Waals surface area contributed by atoms with Gasteiger partial charge in [0.05, 0.1) is 4.92 Å². The van der Waals surface area contributed by atoms with Crippen LogP contribution in [0, 0.1) is 29.8 Å². The number of nitro benzene ring substituents is 1. The molecule has 2 aromatic rings. The number of benzene rings is 2. The lowest BCUT2D eigenvalue weighted by molar-refractivity contribution is -0.387. The number of nitro groups is 1. The highest BCUT2D eigenvalue weighted by molar-refractivity contribution is 5.50. The summed E-state index contributed by atoms with van der Waals surface area (Å²) in [4.78, 5) is 9.79. The van der Waals surface area contributed by atoms with E-state index in [1.807, 2.05) is 26.0 Å². The van der Waals surface area contributed by atoms with Crippen LogP contribution in [-0.4, -0.2) is 4.92 Å². The number of anilines is 1. The SMILES string of the molecule is Cc1ccc(CNc2ccc([N+](=O)[O-])c(F)c2)cc1C. The molecule has 0 fully saturated rings. The van der Waals surface area contributed by atoms with Gasteiger partial charge in [-0.2, -0.15) is 4.39 Å². The van der Waals surface area contributed by atoms with Gasteiger partial charge in [0.25, 0.3) is 0 Å². The third-order valence-electron chi connectivity index (χ3n) is 3.21. The Kier molecular flexibility index (Phi) is 3.98. The van der Waals surface area contributed by atoms with Crippen molar-refractivity contribution in [2.75, 3.05) is 5.32 Å². The summed E-state index contributed by atoms with van der Waals surface area (Å²) in [5.41, 5.74) is 3.49. The predicted octanol–water partition coefficient (Wildman–Crippen LogP) is 3.96. The fourth-order valence-electron chi connectivity index (χ4n) is 1.88. The quantitative estimate of drug-likeness (QED) is 0.678. The van der Waals surface area contributed by atoms with Gasteiger partial charge in [-0.3, -0.25) is 10.1 Å². The summed E-state index contributed by atoms with van der Waals surface area (Å²) in [6.45, 7) is 4.61. The molecule has 2 rings (SSSR count). The third-order valence-corrected chi connectivity index (χ3v) is 3.21. The van der Waals surface area contributed by atoms with Gasteiger partial charge in [-0.1, -0.05) is 18.2 Å². The first kappa shape index (κ1) is 14.0. The molecule has 0 saturated carbocycles. The van der Waals surface area contributed by atoms with Crippen LogP contribution in [0.5, 0.6) is 0 Å². The summed E-state index contributed by atoms with van der Waals surface area (Å²) in [6, 6.07) is 9.89. The van der Waals surface area contributed by atoms with Crippen LogP contribution in [0.2, 0.25) is 0 Å². The van der Waals surface area contributed by atoms with Crippen molar-refractivity contribution in [1.29, 1.82) is 0 Å². The highest BCUT2D eigenvalue weighted by atomic mass is 19.1. The van der Waals surface area contributed by atoms with Crippen LogP contribution in [0.25, 0.3) is 0 Å². The van der Waals surface area contributed by atoms with Crippen LogP contribution in [0.1, 0.15) is 16.7 Å². The summed E-state index contributed by atoms with van der Waals surface area (Å²) in [6.07, 6.45) is 0. The van der Waals surface area contributed by atoms with Gasteiger partial charge in [0.15, 0.2) is 0 Å². The first-order chi connectivity index (χ1) is 9.47. The topological polar surface area (TPSA) is 55.2 Å². The summed E-state index contributed by atoms with van der Waals surface area (Å²) in [5.74, 6) is -0.833. The smallest absolute Gasteiger partial charge is 0.304 e. The van der Waals surface area contributed by atoms with Gasteiger partial charge in [-0.05, 0) is 36.6 Å². The standard InChI is InChI=1S/C15H15FN2O2/c1-10-3-4-12(7-11(10)2)9-17-13-5-6-15(18(19)20)14(16)8-13/h3-8,17H,9H2,1-2H3. The average Bonchev–Trinajstić information content (AvgIpc) is 2.40. The maximum Gasteiger partial charge on any atom is 0.304 e. The number of hydrogen-bond acceptors (Lipinski definition) is 3. The maximum absolute atomic E-state index is 13.5. The van der Waals surface area contributed by atoms with E-state index in [-0.39, 0.29) is 0 Å². The van der Waals surface area contributed by atoms with E-state index in [2.05, 4.69) is 11.4 Å². The molecule has 0 amide bonds.